The molecule has 0 radical (unpaired) electrons. The first-order valence-corrected chi connectivity index (χ1v) is 7.96. The van der Waals surface area contributed by atoms with E-state index in [9.17, 15) is 12.8 Å². The van der Waals surface area contributed by atoms with Gasteiger partial charge < -0.3 is 4.74 Å². The average Bonchev–Trinajstić information content (AvgIpc) is 2.69. The Morgan fingerprint density at radius 3 is 2.67 bits per heavy atom. The lowest BCUT2D eigenvalue weighted by Gasteiger charge is -2.09. The second-order valence-electron chi connectivity index (χ2n) is 4.91. The second-order valence-corrected chi connectivity index (χ2v) is 6.67. The summed E-state index contributed by atoms with van der Waals surface area (Å²) in [6, 6.07) is 11.4. The minimum Gasteiger partial charge on any atom is -0.489 e. The van der Waals surface area contributed by atoms with Crippen molar-refractivity contribution in [3.8, 4) is 5.75 Å². The van der Waals surface area contributed by atoms with Gasteiger partial charge >= 0.3 is 0 Å². The Bertz CT molecular complexity index is 838. The molecule has 0 saturated heterocycles. The number of ether oxygens (including phenoxy) is 1. The summed E-state index contributed by atoms with van der Waals surface area (Å²) in [5, 5.41) is 1.08. The van der Waals surface area contributed by atoms with Crippen molar-refractivity contribution in [1.29, 1.82) is 0 Å². The van der Waals surface area contributed by atoms with Gasteiger partial charge in [0.25, 0.3) is 0 Å². The smallest absolute Gasteiger partial charge is 0.200 e. The molecule has 1 heterocycles. The summed E-state index contributed by atoms with van der Waals surface area (Å²) in [6.45, 7) is 1.94. The van der Waals surface area contributed by atoms with Gasteiger partial charge in [-0.3, -0.25) is 0 Å². The van der Waals surface area contributed by atoms with Crippen molar-refractivity contribution in [2.75, 3.05) is 6.61 Å². The topological polar surface area (TPSA) is 43.4 Å². The van der Waals surface area contributed by atoms with E-state index in [1.165, 1.54) is 18.2 Å². The number of fused-ring (bicyclic) bond motifs is 1. The minimum atomic E-state index is -3.57. The van der Waals surface area contributed by atoms with Crippen LogP contribution in [0, 0.1) is 12.7 Å². The third kappa shape index (κ3) is 2.56. The molecule has 0 atom stereocenters. The van der Waals surface area contributed by atoms with Crippen LogP contribution in [0.2, 0.25) is 0 Å². The zero-order valence-electron chi connectivity index (χ0n) is 11.3. The number of rotatable bonds is 3. The van der Waals surface area contributed by atoms with E-state index in [0.717, 1.165) is 11.0 Å². The lowest BCUT2D eigenvalue weighted by molar-refractivity contribution is 0.369. The van der Waals surface area contributed by atoms with E-state index in [1.807, 2.05) is 25.1 Å². The molecule has 0 aliphatic carbocycles. The van der Waals surface area contributed by atoms with E-state index in [0.29, 0.717) is 11.3 Å². The molecule has 2 aromatic rings. The molecule has 2 aromatic carbocycles. The second kappa shape index (κ2) is 5.00. The summed E-state index contributed by atoms with van der Waals surface area (Å²) < 4.78 is 43.5. The maximum Gasteiger partial charge on any atom is 0.200 e. The highest BCUT2D eigenvalue weighted by molar-refractivity contribution is 7.95. The van der Waals surface area contributed by atoms with Crippen LogP contribution in [0.1, 0.15) is 11.1 Å². The van der Waals surface area contributed by atoms with Crippen LogP contribution >= 0.6 is 0 Å². The van der Waals surface area contributed by atoms with Crippen LogP contribution in [0.15, 0.2) is 52.8 Å². The lowest BCUT2D eigenvalue weighted by atomic mass is 10.1. The molecule has 0 fully saturated rings. The van der Waals surface area contributed by atoms with Crippen LogP contribution in [0.25, 0.3) is 5.57 Å². The molecule has 0 saturated carbocycles. The third-order valence-electron chi connectivity index (χ3n) is 3.28. The fourth-order valence-electron chi connectivity index (χ4n) is 2.34. The van der Waals surface area contributed by atoms with E-state index < -0.39 is 15.7 Å². The van der Waals surface area contributed by atoms with E-state index in [1.54, 1.807) is 6.07 Å². The first kappa shape index (κ1) is 13.8. The van der Waals surface area contributed by atoms with Crippen molar-refractivity contribution >= 4 is 15.4 Å². The zero-order valence-corrected chi connectivity index (χ0v) is 12.2. The van der Waals surface area contributed by atoms with Gasteiger partial charge in [-0.1, -0.05) is 18.2 Å². The van der Waals surface area contributed by atoms with Crippen LogP contribution in [0.3, 0.4) is 0 Å². The average molecular weight is 304 g/mol. The normalized spacial score (nSPS) is 15.4. The fourth-order valence-corrected chi connectivity index (χ4v) is 3.80. The van der Waals surface area contributed by atoms with E-state index in [2.05, 4.69) is 0 Å². The number of sulfone groups is 1. The fraction of sp³-hybridized carbons (Fsp3) is 0.125. The highest BCUT2D eigenvalue weighted by Gasteiger charge is 2.29. The summed E-state index contributed by atoms with van der Waals surface area (Å²) in [4.78, 5) is 0.00495. The summed E-state index contributed by atoms with van der Waals surface area (Å²) in [5.41, 5.74) is 1.49. The summed E-state index contributed by atoms with van der Waals surface area (Å²) in [7, 11) is -3.57. The molecule has 3 rings (SSSR count). The van der Waals surface area contributed by atoms with Gasteiger partial charge in [-0.05, 0) is 36.8 Å². The molecule has 108 valence electrons. The molecule has 0 aromatic heterocycles. The van der Waals surface area contributed by atoms with Crippen molar-refractivity contribution in [2.24, 2.45) is 0 Å². The molecule has 0 N–H and O–H groups in total. The van der Waals surface area contributed by atoms with E-state index in [4.69, 9.17) is 4.74 Å². The van der Waals surface area contributed by atoms with Gasteiger partial charge in [0.2, 0.25) is 9.84 Å². The minimum absolute atomic E-state index is 0.00495. The van der Waals surface area contributed by atoms with Crippen molar-refractivity contribution in [3.63, 3.8) is 0 Å². The Morgan fingerprint density at radius 1 is 1.14 bits per heavy atom. The highest BCUT2D eigenvalue weighted by atomic mass is 32.2. The van der Waals surface area contributed by atoms with Crippen LogP contribution in [0.4, 0.5) is 4.39 Å². The Labute approximate surface area is 122 Å². The van der Waals surface area contributed by atoms with Gasteiger partial charge in [0, 0.05) is 16.5 Å². The standard InChI is InChI=1S/C16H13FO3S/c1-11-4-2-5-13(8-11)20-9-12-10-21(18,19)15-7-3-6-14(17)16(12)15/h2-8,10H,9H2,1H3. The summed E-state index contributed by atoms with van der Waals surface area (Å²) >= 11 is 0. The van der Waals surface area contributed by atoms with Crippen LogP contribution < -0.4 is 4.74 Å². The van der Waals surface area contributed by atoms with E-state index in [-0.39, 0.29) is 17.1 Å². The molecular formula is C16H13FO3S. The Balaban J connectivity index is 1.91. The number of halogens is 1. The van der Waals surface area contributed by atoms with E-state index >= 15 is 0 Å². The first-order valence-electron chi connectivity index (χ1n) is 6.41. The van der Waals surface area contributed by atoms with Crippen molar-refractivity contribution in [3.05, 3.63) is 64.8 Å². The maximum absolute atomic E-state index is 13.9. The van der Waals surface area contributed by atoms with Gasteiger partial charge in [0.05, 0.1) is 4.90 Å². The highest BCUT2D eigenvalue weighted by Crippen LogP contribution is 2.35. The zero-order chi connectivity index (χ0) is 15.0. The van der Waals surface area contributed by atoms with Crippen LogP contribution in [-0.2, 0) is 9.84 Å². The Kier molecular flexibility index (Phi) is 3.29. The van der Waals surface area contributed by atoms with Gasteiger partial charge in [0.15, 0.2) is 0 Å². The SMILES string of the molecule is Cc1cccc(OCC2=CS(=O)(=O)c3cccc(F)c32)c1. The number of aryl methyl sites for hydroxylation is 1. The Morgan fingerprint density at radius 2 is 1.90 bits per heavy atom. The van der Waals surface area contributed by atoms with Crippen molar-refractivity contribution in [1.82, 2.24) is 0 Å². The molecule has 21 heavy (non-hydrogen) atoms. The molecule has 1 aliphatic rings. The number of hydrogen-bond donors (Lipinski definition) is 0. The Hall–Kier alpha value is -2.14. The predicted molar refractivity (Wildman–Crippen MR) is 78.2 cm³/mol. The number of hydrogen-bond acceptors (Lipinski definition) is 3. The molecule has 0 spiro atoms. The monoisotopic (exact) mass is 304 g/mol. The van der Waals surface area contributed by atoms with Gasteiger partial charge in [-0.2, -0.15) is 0 Å². The van der Waals surface area contributed by atoms with Crippen molar-refractivity contribution in [2.45, 2.75) is 11.8 Å². The summed E-state index contributed by atoms with van der Waals surface area (Å²) in [6.07, 6.45) is 0. The molecule has 5 heteroatoms. The van der Waals surface area contributed by atoms with Gasteiger partial charge in [-0.25, -0.2) is 12.8 Å². The number of benzene rings is 2. The molecule has 1 aliphatic heterocycles. The van der Waals surface area contributed by atoms with Crippen LogP contribution in [-0.4, -0.2) is 15.0 Å². The molecule has 0 bridgehead atoms. The molecule has 0 amide bonds. The maximum atomic E-state index is 13.9. The van der Waals surface area contributed by atoms with Gasteiger partial charge in [0.1, 0.15) is 18.2 Å². The predicted octanol–water partition coefficient (Wildman–Crippen LogP) is 3.34. The molecule has 0 unspecified atom stereocenters. The largest absolute Gasteiger partial charge is 0.489 e. The first-order chi connectivity index (χ1) is 9.97. The van der Waals surface area contributed by atoms with Crippen molar-refractivity contribution < 1.29 is 17.5 Å². The quantitative estimate of drug-likeness (QED) is 0.873. The van der Waals surface area contributed by atoms with Gasteiger partial charge in [-0.15, -0.1) is 0 Å². The third-order valence-corrected chi connectivity index (χ3v) is 4.83. The lowest BCUT2D eigenvalue weighted by Crippen LogP contribution is -2.01. The summed E-state index contributed by atoms with van der Waals surface area (Å²) in [5.74, 6) is 0.0748. The molecule has 3 nitrogen and oxygen atoms in total. The molecular weight excluding hydrogens is 291 g/mol. The van der Waals surface area contributed by atoms with Crippen LogP contribution in [0.5, 0.6) is 5.75 Å².